The van der Waals surface area contributed by atoms with Crippen LogP contribution in [0.15, 0.2) is 24.3 Å². The van der Waals surface area contributed by atoms with E-state index in [1.54, 1.807) is 24.3 Å². The molecule has 5 nitrogen and oxygen atoms in total. The molecule has 18 heavy (non-hydrogen) atoms. The van der Waals surface area contributed by atoms with Crippen molar-refractivity contribution in [1.82, 2.24) is 0 Å². The van der Waals surface area contributed by atoms with E-state index in [0.717, 1.165) is 0 Å². The molecule has 1 aromatic rings. The lowest BCUT2D eigenvalue weighted by Gasteiger charge is -2.18. The first-order valence-corrected chi connectivity index (χ1v) is 5.58. The second-order valence-electron chi connectivity index (χ2n) is 4.77. The first kappa shape index (κ1) is 14.2. The topological polar surface area (TPSA) is 86.6 Å². The van der Waals surface area contributed by atoms with Crippen LogP contribution in [0.2, 0.25) is 0 Å². The van der Waals surface area contributed by atoms with Gasteiger partial charge in [-0.15, -0.1) is 0 Å². The van der Waals surface area contributed by atoms with Gasteiger partial charge in [0.15, 0.2) is 0 Å². The highest BCUT2D eigenvalue weighted by Crippen LogP contribution is 2.21. The molecule has 5 heteroatoms. The third-order valence-corrected chi connectivity index (χ3v) is 2.57. The summed E-state index contributed by atoms with van der Waals surface area (Å²) in [4.78, 5) is 22.6. The van der Waals surface area contributed by atoms with Crippen LogP contribution in [0.25, 0.3) is 0 Å². The molecule has 0 aromatic heterocycles. The SMILES string of the molecule is CC(C)(CC(=O)Nc1cccc(CO)c1)C(=O)O. The molecule has 3 N–H and O–H groups in total. The first-order chi connectivity index (χ1) is 8.35. The number of carbonyl (C=O) groups is 2. The van der Waals surface area contributed by atoms with Gasteiger partial charge in [-0.1, -0.05) is 12.1 Å². The van der Waals surface area contributed by atoms with Crippen molar-refractivity contribution in [1.29, 1.82) is 0 Å². The number of carboxylic acid groups (broad SMARTS) is 1. The van der Waals surface area contributed by atoms with Crippen molar-refractivity contribution in [3.8, 4) is 0 Å². The van der Waals surface area contributed by atoms with Crippen molar-refractivity contribution in [2.24, 2.45) is 5.41 Å². The minimum Gasteiger partial charge on any atom is -0.481 e. The number of aliphatic hydroxyl groups excluding tert-OH is 1. The summed E-state index contributed by atoms with van der Waals surface area (Å²) in [7, 11) is 0. The largest absolute Gasteiger partial charge is 0.481 e. The van der Waals surface area contributed by atoms with E-state index < -0.39 is 11.4 Å². The number of carbonyl (C=O) groups excluding carboxylic acids is 1. The van der Waals surface area contributed by atoms with Crippen molar-refractivity contribution in [3.63, 3.8) is 0 Å². The van der Waals surface area contributed by atoms with Crippen LogP contribution in [-0.2, 0) is 16.2 Å². The number of rotatable bonds is 5. The molecule has 0 aliphatic rings. The van der Waals surface area contributed by atoms with E-state index in [2.05, 4.69) is 5.32 Å². The molecule has 0 atom stereocenters. The van der Waals surface area contributed by atoms with Crippen molar-refractivity contribution in [2.75, 3.05) is 5.32 Å². The predicted octanol–water partition coefficient (Wildman–Crippen LogP) is 1.62. The Morgan fingerprint density at radius 1 is 1.33 bits per heavy atom. The Labute approximate surface area is 105 Å². The quantitative estimate of drug-likeness (QED) is 0.742. The lowest BCUT2D eigenvalue weighted by Crippen LogP contribution is -2.29. The summed E-state index contributed by atoms with van der Waals surface area (Å²) in [5.74, 6) is -1.38. The smallest absolute Gasteiger partial charge is 0.309 e. The fraction of sp³-hybridized carbons (Fsp3) is 0.385. The third-order valence-electron chi connectivity index (χ3n) is 2.57. The maximum atomic E-state index is 11.7. The molecule has 0 spiro atoms. The zero-order chi connectivity index (χ0) is 13.8. The number of hydrogen-bond donors (Lipinski definition) is 3. The van der Waals surface area contributed by atoms with Crippen molar-refractivity contribution in [3.05, 3.63) is 29.8 Å². The summed E-state index contributed by atoms with van der Waals surface area (Å²) in [6, 6.07) is 6.77. The Morgan fingerprint density at radius 3 is 2.56 bits per heavy atom. The Kier molecular flexibility index (Phi) is 4.44. The molecule has 0 saturated heterocycles. The monoisotopic (exact) mass is 251 g/mol. The average molecular weight is 251 g/mol. The van der Waals surface area contributed by atoms with Crippen molar-refractivity contribution < 1.29 is 19.8 Å². The fourth-order valence-corrected chi connectivity index (χ4v) is 1.43. The maximum Gasteiger partial charge on any atom is 0.309 e. The molecule has 0 fully saturated rings. The normalized spacial score (nSPS) is 11.1. The number of hydrogen-bond acceptors (Lipinski definition) is 3. The molecule has 1 amide bonds. The maximum absolute atomic E-state index is 11.7. The molecule has 0 radical (unpaired) electrons. The van der Waals surface area contributed by atoms with Gasteiger partial charge in [-0.3, -0.25) is 9.59 Å². The van der Waals surface area contributed by atoms with Crippen LogP contribution in [0, 0.1) is 5.41 Å². The van der Waals surface area contributed by atoms with Gasteiger partial charge < -0.3 is 15.5 Å². The number of aliphatic hydroxyl groups is 1. The molecular weight excluding hydrogens is 234 g/mol. The van der Waals surface area contributed by atoms with E-state index in [9.17, 15) is 9.59 Å². The van der Waals surface area contributed by atoms with Crippen LogP contribution in [-0.4, -0.2) is 22.1 Å². The van der Waals surface area contributed by atoms with Crippen molar-refractivity contribution >= 4 is 17.6 Å². The number of aliphatic carboxylic acids is 1. The zero-order valence-electron chi connectivity index (χ0n) is 10.4. The molecule has 0 saturated carbocycles. The summed E-state index contributed by atoms with van der Waals surface area (Å²) in [5, 5.41) is 20.5. The molecule has 0 aliphatic carbocycles. The van der Waals surface area contributed by atoms with Gasteiger partial charge in [0, 0.05) is 12.1 Å². The van der Waals surface area contributed by atoms with Gasteiger partial charge >= 0.3 is 5.97 Å². The van der Waals surface area contributed by atoms with E-state index in [1.807, 2.05) is 0 Å². The number of nitrogens with one attached hydrogen (secondary N) is 1. The minimum absolute atomic E-state index is 0.105. The molecule has 98 valence electrons. The standard InChI is InChI=1S/C13H17NO4/c1-13(2,12(17)18)7-11(16)14-10-5-3-4-9(6-10)8-15/h3-6,15H,7-8H2,1-2H3,(H,14,16)(H,17,18). The van der Waals surface area contributed by atoms with Gasteiger partial charge in [-0.25, -0.2) is 0 Å². The molecule has 1 aromatic carbocycles. The summed E-state index contributed by atoms with van der Waals surface area (Å²) in [6.45, 7) is 2.89. The molecule has 0 bridgehead atoms. The van der Waals surface area contributed by atoms with Crippen LogP contribution < -0.4 is 5.32 Å². The van der Waals surface area contributed by atoms with Crippen LogP contribution in [0.3, 0.4) is 0 Å². The van der Waals surface area contributed by atoms with Crippen LogP contribution in [0.4, 0.5) is 5.69 Å². The highest BCUT2D eigenvalue weighted by Gasteiger charge is 2.30. The summed E-state index contributed by atoms with van der Waals surface area (Å²) < 4.78 is 0. The second-order valence-corrected chi connectivity index (χ2v) is 4.77. The highest BCUT2D eigenvalue weighted by molar-refractivity contribution is 5.94. The van der Waals surface area contributed by atoms with E-state index in [1.165, 1.54) is 13.8 Å². The number of anilines is 1. The second kappa shape index (κ2) is 5.64. The van der Waals surface area contributed by atoms with Gasteiger partial charge in [-0.05, 0) is 31.5 Å². The third kappa shape index (κ3) is 3.85. The van der Waals surface area contributed by atoms with Gasteiger partial charge in [0.25, 0.3) is 0 Å². The fourth-order valence-electron chi connectivity index (χ4n) is 1.43. The molecule has 1 rings (SSSR count). The zero-order valence-corrected chi connectivity index (χ0v) is 10.4. The summed E-state index contributed by atoms with van der Waals surface area (Å²) in [5.41, 5.74) is 0.136. The minimum atomic E-state index is -1.10. The van der Waals surface area contributed by atoms with Gasteiger partial charge in [0.1, 0.15) is 0 Å². The average Bonchev–Trinajstić information content (AvgIpc) is 2.28. The Morgan fingerprint density at radius 2 is 2.00 bits per heavy atom. The van der Waals surface area contributed by atoms with Crippen LogP contribution in [0.1, 0.15) is 25.8 Å². The number of amides is 1. The van der Waals surface area contributed by atoms with E-state index >= 15 is 0 Å². The van der Waals surface area contributed by atoms with Gasteiger partial charge in [-0.2, -0.15) is 0 Å². The Bertz CT molecular complexity index is 454. The molecular formula is C13H17NO4. The van der Waals surface area contributed by atoms with Crippen LogP contribution >= 0.6 is 0 Å². The van der Waals surface area contributed by atoms with E-state index in [-0.39, 0.29) is 18.9 Å². The number of carboxylic acids is 1. The Hall–Kier alpha value is -1.88. The van der Waals surface area contributed by atoms with E-state index in [4.69, 9.17) is 10.2 Å². The lowest BCUT2D eigenvalue weighted by atomic mass is 9.89. The molecule has 0 unspecified atom stereocenters. The highest BCUT2D eigenvalue weighted by atomic mass is 16.4. The summed E-state index contributed by atoms with van der Waals surface area (Å²) >= 11 is 0. The molecule has 0 aliphatic heterocycles. The van der Waals surface area contributed by atoms with Crippen molar-refractivity contribution in [2.45, 2.75) is 26.9 Å². The number of benzene rings is 1. The summed E-state index contributed by atoms with van der Waals surface area (Å²) in [6.07, 6.45) is -0.105. The molecule has 0 heterocycles. The van der Waals surface area contributed by atoms with Gasteiger partial charge in [0.05, 0.1) is 12.0 Å². The van der Waals surface area contributed by atoms with E-state index in [0.29, 0.717) is 11.3 Å². The predicted molar refractivity (Wildman–Crippen MR) is 67.0 cm³/mol. The van der Waals surface area contributed by atoms with Crippen LogP contribution in [0.5, 0.6) is 0 Å². The van der Waals surface area contributed by atoms with Gasteiger partial charge in [0.2, 0.25) is 5.91 Å². The Balaban J connectivity index is 2.67. The lowest BCUT2D eigenvalue weighted by molar-refractivity contribution is -0.148. The first-order valence-electron chi connectivity index (χ1n) is 5.58.